The number of carbonyl (C=O) groups excluding carboxylic acids is 1. The number of aliphatic carboxylic acids is 1. The Labute approximate surface area is 158 Å². The first-order chi connectivity index (χ1) is 13.0. The van der Waals surface area contributed by atoms with Crippen LogP contribution in [0.2, 0.25) is 0 Å². The van der Waals surface area contributed by atoms with E-state index >= 15 is 0 Å². The van der Waals surface area contributed by atoms with E-state index < -0.39 is 5.97 Å². The Bertz CT molecular complexity index is 824. The third-order valence-electron chi connectivity index (χ3n) is 5.04. The van der Waals surface area contributed by atoms with Crippen LogP contribution >= 0.6 is 0 Å². The Morgan fingerprint density at radius 2 is 1.96 bits per heavy atom. The molecule has 7 nitrogen and oxygen atoms in total. The molecule has 1 aliphatic heterocycles. The third kappa shape index (κ3) is 4.19. The quantitative estimate of drug-likeness (QED) is 0.844. The first-order valence-corrected chi connectivity index (χ1v) is 9.20. The molecule has 0 aliphatic carbocycles. The zero-order valence-electron chi connectivity index (χ0n) is 15.7. The van der Waals surface area contributed by atoms with Crippen molar-refractivity contribution in [2.24, 2.45) is 0 Å². The van der Waals surface area contributed by atoms with E-state index in [0.29, 0.717) is 18.8 Å². The molecule has 0 unspecified atom stereocenters. The molecule has 0 bridgehead atoms. The van der Waals surface area contributed by atoms with Crippen molar-refractivity contribution in [3.63, 3.8) is 0 Å². The minimum atomic E-state index is -0.910. The van der Waals surface area contributed by atoms with Crippen molar-refractivity contribution in [2.45, 2.75) is 39.2 Å². The highest BCUT2D eigenvalue weighted by atomic mass is 16.5. The van der Waals surface area contributed by atoms with Gasteiger partial charge < -0.3 is 14.7 Å². The van der Waals surface area contributed by atoms with Crippen LogP contribution in [0.3, 0.4) is 0 Å². The molecule has 1 fully saturated rings. The zero-order valence-corrected chi connectivity index (χ0v) is 15.7. The summed E-state index contributed by atoms with van der Waals surface area (Å²) in [5.41, 5.74) is 3.25. The van der Waals surface area contributed by atoms with Crippen LogP contribution in [-0.2, 0) is 9.53 Å². The standard InChI is InChI=1S/C20H25N3O4/c1-14-5-3-4-6-18(14)23-15(2)17(13-21-23)20(26)22(10-7-19(24)25)16-8-11-27-12-9-16/h3-6,13,16H,7-12H2,1-2H3,(H,24,25). The number of carbonyl (C=O) groups is 2. The van der Waals surface area contributed by atoms with Gasteiger partial charge in [-0.15, -0.1) is 0 Å². The minimum absolute atomic E-state index is 0.00758. The SMILES string of the molecule is Cc1ccccc1-n1ncc(C(=O)N(CCC(=O)O)C2CCOCC2)c1C. The normalized spacial score (nSPS) is 14.9. The maximum Gasteiger partial charge on any atom is 0.305 e. The summed E-state index contributed by atoms with van der Waals surface area (Å²) in [6.45, 7) is 5.23. The Hall–Kier alpha value is -2.67. The molecular formula is C20H25N3O4. The summed E-state index contributed by atoms with van der Waals surface area (Å²) in [6, 6.07) is 7.85. The lowest BCUT2D eigenvalue weighted by molar-refractivity contribution is -0.137. The average molecular weight is 371 g/mol. The molecule has 1 aliphatic rings. The van der Waals surface area contributed by atoms with Gasteiger partial charge in [0.15, 0.2) is 0 Å². The van der Waals surface area contributed by atoms with Crippen molar-refractivity contribution in [2.75, 3.05) is 19.8 Å². The van der Waals surface area contributed by atoms with E-state index in [1.807, 2.05) is 38.1 Å². The van der Waals surface area contributed by atoms with Crippen LogP contribution < -0.4 is 0 Å². The van der Waals surface area contributed by atoms with Gasteiger partial charge in [-0.2, -0.15) is 5.10 Å². The summed E-state index contributed by atoms with van der Waals surface area (Å²) in [5.74, 6) is -1.08. The molecule has 1 aromatic heterocycles. The summed E-state index contributed by atoms with van der Waals surface area (Å²) in [6.07, 6.45) is 2.94. The molecule has 0 atom stereocenters. The number of para-hydroxylation sites is 1. The number of carboxylic acid groups (broad SMARTS) is 1. The van der Waals surface area contributed by atoms with Crippen LogP contribution in [0.25, 0.3) is 5.69 Å². The van der Waals surface area contributed by atoms with E-state index in [0.717, 1.165) is 29.8 Å². The van der Waals surface area contributed by atoms with E-state index in [1.54, 1.807) is 15.8 Å². The fraction of sp³-hybridized carbons (Fsp3) is 0.450. The monoisotopic (exact) mass is 371 g/mol. The summed E-state index contributed by atoms with van der Waals surface area (Å²) >= 11 is 0. The first-order valence-electron chi connectivity index (χ1n) is 9.20. The molecule has 0 saturated carbocycles. The molecule has 2 heterocycles. The van der Waals surface area contributed by atoms with Crippen LogP contribution in [-0.4, -0.2) is 57.5 Å². The van der Waals surface area contributed by atoms with Gasteiger partial charge in [0, 0.05) is 25.8 Å². The van der Waals surface area contributed by atoms with E-state index in [9.17, 15) is 9.59 Å². The largest absolute Gasteiger partial charge is 0.481 e. The summed E-state index contributed by atoms with van der Waals surface area (Å²) in [5, 5.41) is 13.5. The van der Waals surface area contributed by atoms with E-state index in [2.05, 4.69) is 5.10 Å². The highest BCUT2D eigenvalue weighted by Crippen LogP contribution is 2.22. The molecule has 2 aromatic rings. The number of hydrogen-bond donors (Lipinski definition) is 1. The number of benzene rings is 1. The van der Waals surface area contributed by atoms with Gasteiger partial charge in [0.2, 0.25) is 0 Å². The number of amides is 1. The number of hydrogen-bond acceptors (Lipinski definition) is 4. The van der Waals surface area contributed by atoms with Gasteiger partial charge >= 0.3 is 5.97 Å². The van der Waals surface area contributed by atoms with Crippen LogP contribution in [0.1, 0.15) is 40.9 Å². The molecule has 0 radical (unpaired) electrons. The molecular weight excluding hydrogens is 346 g/mol. The highest BCUT2D eigenvalue weighted by Gasteiger charge is 2.29. The Morgan fingerprint density at radius 3 is 2.63 bits per heavy atom. The molecule has 27 heavy (non-hydrogen) atoms. The lowest BCUT2D eigenvalue weighted by Crippen LogP contribution is -2.44. The number of ether oxygens (including phenoxy) is 1. The average Bonchev–Trinajstić information content (AvgIpc) is 3.04. The van der Waals surface area contributed by atoms with Crippen LogP contribution in [0.15, 0.2) is 30.5 Å². The summed E-state index contributed by atoms with van der Waals surface area (Å²) in [4.78, 5) is 26.0. The van der Waals surface area contributed by atoms with Crippen molar-refractivity contribution in [3.8, 4) is 5.69 Å². The van der Waals surface area contributed by atoms with Crippen molar-refractivity contribution in [1.29, 1.82) is 0 Å². The second kappa shape index (κ2) is 8.35. The molecule has 144 valence electrons. The van der Waals surface area contributed by atoms with Crippen LogP contribution in [0.5, 0.6) is 0 Å². The molecule has 1 aromatic carbocycles. The second-order valence-electron chi connectivity index (χ2n) is 6.83. The number of aryl methyl sites for hydroxylation is 1. The van der Waals surface area contributed by atoms with Gasteiger partial charge in [-0.05, 0) is 38.3 Å². The maximum atomic E-state index is 13.2. The fourth-order valence-corrected chi connectivity index (χ4v) is 3.48. The van der Waals surface area contributed by atoms with Gasteiger partial charge in [-0.25, -0.2) is 4.68 Å². The Kier molecular flexibility index (Phi) is 5.91. The smallest absolute Gasteiger partial charge is 0.305 e. The number of aromatic nitrogens is 2. The van der Waals surface area contributed by atoms with Gasteiger partial charge in [0.25, 0.3) is 5.91 Å². The predicted molar refractivity (Wildman–Crippen MR) is 100 cm³/mol. The van der Waals surface area contributed by atoms with Crippen molar-refractivity contribution in [1.82, 2.24) is 14.7 Å². The van der Waals surface area contributed by atoms with Gasteiger partial charge in [-0.3, -0.25) is 9.59 Å². The second-order valence-corrected chi connectivity index (χ2v) is 6.83. The van der Waals surface area contributed by atoms with E-state index in [4.69, 9.17) is 9.84 Å². The third-order valence-corrected chi connectivity index (χ3v) is 5.04. The molecule has 7 heteroatoms. The number of carboxylic acids is 1. The predicted octanol–water partition coefficient (Wildman–Crippen LogP) is 2.59. The molecule has 0 spiro atoms. The lowest BCUT2D eigenvalue weighted by Gasteiger charge is -2.34. The fourth-order valence-electron chi connectivity index (χ4n) is 3.48. The topological polar surface area (TPSA) is 84.7 Å². The van der Waals surface area contributed by atoms with Crippen molar-refractivity contribution < 1.29 is 19.4 Å². The minimum Gasteiger partial charge on any atom is -0.481 e. The number of nitrogens with zero attached hydrogens (tertiary/aromatic N) is 3. The van der Waals surface area contributed by atoms with Crippen LogP contribution in [0, 0.1) is 13.8 Å². The van der Waals surface area contributed by atoms with Gasteiger partial charge in [0.05, 0.1) is 29.6 Å². The van der Waals surface area contributed by atoms with Crippen molar-refractivity contribution >= 4 is 11.9 Å². The maximum absolute atomic E-state index is 13.2. The molecule has 1 N–H and O–H groups in total. The molecule has 1 amide bonds. The van der Waals surface area contributed by atoms with Crippen molar-refractivity contribution in [3.05, 3.63) is 47.3 Å². The number of rotatable bonds is 6. The van der Waals surface area contributed by atoms with E-state index in [1.165, 1.54) is 0 Å². The highest BCUT2D eigenvalue weighted by molar-refractivity contribution is 5.95. The summed E-state index contributed by atoms with van der Waals surface area (Å²) in [7, 11) is 0. The molecule has 1 saturated heterocycles. The lowest BCUT2D eigenvalue weighted by atomic mass is 10.0. The van der Waals surface area contributed by atoms with Crippen LogP contribution in [0.4, 0.5) is 0 Å². The zero-order chi connectivity index (χ0) is 19.4. The Balaban J connectivity index is 1.89. The van der Waals surface area contributed by atoms with Gasteiger partial charge in [0.1, 0.15) is 0 Å². The Morgan fingerprint density at radius 1 is 1.26 bits per heavy atom. The van der Waals surface area contributed by atoms with E-state index in [-0.39, 0.29) is 24.9 Å². The van der Waals surface area contributed by atoms with Gasteiger partial charge in [-0.1, -0.05) is 18.2 Å². The molecule has 3 rings (SSSR count). The first kappa shape index (κ1) is 19.1. The summed E-state index contributed by atoms with van der Waals surface area (Å²) < 4.78 is 7.15.